The maximum Gasteiger partial charge on any atom is 0.224 e. The van der Waals surface area contributed by atoms with Gasteiger partial charge in [-0.05, 0) is 36.6 Å². The number of hydrogen-bond donors (Lipinski definition) is 0. The van der Waals surface area contributed by atoms with Crippen LogP contribution in [0.5, 0.6) is 0 Å². The fraction of sp³-hybridized carbons (Fsp3) is 0.500. The van der Waals surface area contributed by atoms with E-state index >= 15 is 0 Å². The van der Waals surface area contributed by atoms with Gasteiger partial charge in [0.25, 0.3) is 0 Å². The number of benzene rings is 1. The van der Waals surface area contributed by atoms with Crippen LogP contribution in [0.25, 0.3) is 10.9 Å². The van der Waals surface area contributed by atoms with E-state index in [1.54, 1.807) is 0 Å². The summed E-state index contributed by atoms with van der Waals surface area (Å²) in [6, 6.07) is 8.08. The largest absolute Gasteiger partial charge is 0.356 e. The fourth-order valence-corrected chi connectivity index (χ4v) is 2.47. The minimum Gasteiger partial charge on any atom is -0.356 e. The molecular formula is C16H22ClN3. The Morgan fingerprint density at radius 1 is 1.00 bits per heavy atom. The zero-order chi connectivity index (χ0) is 14.4. The molecule has 0 spiro atoms. The van der Waals surface area contributed by atoms with E-state index in [-0.39, 0.29) is 0 Å². The highest BCUT2D eigenvalue weighted by Gasteiger charge is 2.13. The van der Waals surface area contributed by atoms with Crippen LogP contribution >= 0.6 is 11.6 Å². The van der Waals surface area contributed by atoms with Gasteiger partial charge in [-0.2, -0.15) is 4.98 Å². The molecule has 0 radical (unpaired) electrons. The normalized spacial score (nSPS) is 10.9. The van der Waals surface area contributed by atoms with Crippen LogP contribution in [-0.4, -0.2) is 23.1 Å². The Morgan fingerprint density at radius 2 is 1.65 bits per heavy atom. The second-order valence-electron chi connectivity index (χ2n) is 5.03. The van der Waals surface area contributed by atoms with Crippen LogP contribution in [-0.2, 0) is 0 Å². The lowest BCUT2D eigenvalue weighted by atomic mass is 10.2. The van der Waals surface area contributed by atoms with Gasteiger partial charge in [-0.1, -0.05) is 38.8 Å². The summed E-state index contributed by atoms with van der Waals surface area (Å²) in [5.74, 6) is 0.975. The third-order valence-electron chi connectivity index (χ3n) is 3.42. The van der Waals surface area contributed by atoms with Gasteiger partial charge in [-0.15, -0.1) is 0 Å². The Labute approximate surface area is 126 Å². The van der Waals surface area contributed by atoms with Crippen molar-refractivity contribution in [2.45, 2.75) is 39.5 Å². The summed E-state index contributed by atoms with van der Waals surface area (Å²) in [6.45, 7) is 6.47. The first-order valence-corrected chi connectivity index (χ1v) is 7.81. The van der Waals surface area contributed by atoms with Crippen LogP contribution in [0.3, 0.4) is 0 Å². The van der Waals surface area contributed by atoms with Gasteiger partial charge < -0.3 is 4.90 Å². The van der Waals surface area contributed by atoms with Crippen molar-refractivity contribution in [3.63, 3.8) is 0 Å². The van der Waals surface area contributed by atoms with E-state index in [4.69, 9.17) is 11.6 Å². The third-order valence-corrected chi connectivity index (χ3v) is 3.59. The molecule has 2 rings (SSSR count). The number of unbranched alkanes of at least 4 members (excludes halogenated alkanes) is 2. The third kappa shape index (κ3) is 3.60. The van der Waals surface area contributed by atoms with Gasteiger partial charge in [0.15, 0.2) is 0 Å². The van der Waals surface area contributed by atoms with Crippen LogP contribution in [0.2, 0.25) is 5.28 Å². The number of hydrogen-bond acceptors (Lipinski definition) is 3. The molecule has 0 amide bonds. The predicted octanol–water partition coefficient (Wildman–Crippen LogP) is 4.69. The molecule has 0 aliphatic carbocycles. The Morgan fingerprint density at radius 3 is 2.30 bits per heavy atom. The van der Waals surface area contributed by atoms with Crippen molar-refractivity contribution >= 4 is 28.3 Å². The van der Waals surface area contributed by atoms with Crippen LogP contribution in [0, 0.1) is 0 Å². The molecule has 4 heteroatoms. The Kier molecular flexibility index (Phi) is 5.60. The van der Waals surface area contributed by atoms with Gasteiger partial charge >= 0.3 is 0 Å². The first-order chi connectivity index (χ1) is 9.76. The molecule has 1 heterocycles. The van der Waals surface area contributed by atoms with E-state index in [0.29, 0.717) is 5.28 Å². The van der Waals surface area contributed by atoms with E-state index in [1.807, 2.05) is 18.2 Å². The van der Waals surface area contributed by atoms with E-state index < -0.39 is 0 Å². The summed E-state index contributed by atoms with van der Waals surface area (Å²) >= 11 is 6.09. The van der Waals surface area contributed by atoms with E-state index in [9.17, 15) is 0 Å². The number of halogens is 1. The van der Waals surface area contributed by atoms with Crippen LogP contribution in [0.1, 0.15) is 39.5 Å². The molecule has 0 atom stereocenters. The average Bonchev–Trinajstić information content (AvgIpc) is 2.46. The summed E-state index contributed by atoms with van der Waals surface area (Å²) in [5, 5.41) is 1.42. The minimum atomic E-state index is 0.330. The minimum absolute atomic E-state index is 0.330. The highest BCUT2D eigenvalue weighted by Crippen LogP contribution is 2.25. The zero-order valence-electron chi connectivity index (χ0n) is 12.3. The van der Waals surface area contributed by atoms with Crippen molar-refractivity contribution in [1.29, 1.82) is 0 Å². The number of para-hydroxylation sites is 1. The molecule has 2 aromatic rings. The van der Waals surface area contributed by atoms with Gasteiger partial charge in [-0.3, -0.25) is 0 Å². The molecule has 0 N–H and O–H groups in total. The molecular weight excluding hydrogens is 270 g/mol. The van der Waals surface area contributed by atoms with Crippen molar-refractivity contribution in [1.82, 2.24) is 9.97 Å². The van der Waals surface area contributed by atoms with E-state index in [2.05, 4.69) is 34.8 Å². The lowest BCUT2D eigenvalue weighted by molar-refractivity contribution is 0.673. The van der Waals surface area contributed by atoms with Crippen molar-refractivity contribution < 1.29 is 0 Å². The predicted molar refractivity (Wildman–Crippen MR) is 86.6 cm³/mol. The lowest BCUT2D eigenvalue weighted by Crippen LogP contribution is -2.27. The van der Waals surface area contributed by atoms with Crippen molar-refractivity contribution in [2.24, 2.45) is 0 Å². The Hall–Kier alpha value is -1.35. The number of anilines is 1. The number of nitrogens with zero attached hydrogens (tertiary/aromatic N) is 3. The molecule has 0 bridgehead atoms. The average molecular weight is 292 g/mol. The van der Waals surface area contributed by atoms with Gasteiger partial charge in [0.2, 0.25) is 5.28 Å². The maximum absolute atomic E-state index is 6.09. The molecule has 20 heavy (non-hydrogen) atoms. The van der Waals surface area contributed by atoms with Crippen LogP contribution < -0.4 is 4.90 Å². The fourth-order valence-electron chi connectivity index (χ4n) is 2.29. The summed E-state index contributed by atoms with van der Waals surface area (Å²) in [5.41, 5.74) is 0.917. The molecule has 3 nitrogen and oxygen atoms in total. The number of aromatic nitrogens is 2. The van der Waals surface area contributed by atoms with E-state index in [0.717, 1.165) is 29.8 Å². The van der Waals surface area contributed by atoms with Gasteiger partial charge in [-0.25, -0.2) is 4.98 Å². The molecule has 0 unspecified atom stereocenters. The van der Waals surface area contributed by atoms with Crippen molar-refractivity contribution in [3.8, 4) is 0 Å². The molecule has 1 aromatic heterocycles. The Balaban J connectivity index is 2.39. The molecule has 0 saturated carbocycles. The number of rotatable bonds is 7. The lowest BCUT2D eigenvalue weighted by Gasteiger charge is -2.24. The van der Waals surface area contributed by atoms with Gasteiger partial charge in [0, 0.05) is 18.5 Å². The molecule has 0 fully saturated rings. The van der Waals surface area contributed by atoms with Crippen molar-refractivity contribution in [3.05, 3.63) is 29.5 Å². The summed E-state index contributed by atoms with van der Waals surface area (Å²) in [7, 11) is 0. The number of fused-ring (bicyclic) bond motifs is 1. The smallest absolute Gasteiger partial charge is 0.224 e. The summed E-state index contributed by atoms with van der Waals surface area (Å²) in [4.78, 5) is 11.1. The first-order valence-electron chi connectivity index (χ1n) is 7.43. The van der Waals surface area contributed by atoms with Gasteiger partial charge in [0.05, 0.1) is 5.52 Å². The van der Waals surface area contributed by atoms with Crippen LogP contribution in [0.15, 0.2) is 24.3 Å². The molecule has 0 aliphatic rings. The zero-order valence-corrected chi connectivity index (χ0v) is 13.0. The topological polar surface area (TPSA) is 29.0 Å². The first kappa shape index (κ1) is 15.0. The van der Waals surface area contributed by atoms with Crippen molar-refractivity contribution in [2.75, 3.05) is 18.0 Å². The highest BCUT2D eigenvalue weighted by molar-refractivity contribution is 6.28. The van der Waals surface area contributed by atoms with Gasteiger partial charge in [0.1, 0.15) is 5.82 Å². The quantitative estimate of drug-likeness (QED) is 0.693. The summed E-state index contributed by atoms with van der Waals surface area (Å²) in [6.07, 6.45) is 4.69. The molecule has 1 aromatic carbocycles. The standard InChI is InChI=1S/C16H22ClN3/c1-3-5-11-20(12-6-4-2)15-13-9-7-8-10-14(13)18-16(17)19-15/h7-10H,3-6,11-12H2,1-2H3. The highest BCUT2D eigenvalue weighted by atomic mass is 35.5. The SMILES string of the molecule is CCCCN(CCCC)c1nc(Cl)nc2ccccc12. The second-order valence-corrected chi connectivity index (χ2v) is 5.37. The monoisotopic (exact) mass is 291 g/mol. The van der Waals surface area contributed by atoms with Crippen LogP contribution in [0.4, 0.5) is 5.82 Å². The maximum atomic E-state index is 6.09. The molecule has 0 saturated heterocycles. The molecule has 108 valence electrons. The van der Waals surface area contributed by atoms with E-state index in [1.165, 1.54) is 25.7 Å². The Bertz CT molecular complexity index is 548. The second kappa shape index (κ2) is 7.44. The summed E-state index contributed by atoms with van der Waals surface area (Å²) < 4.78 is 0. The molecule has 0 aliphatic heterocycles.